The maximum Gasteiger partial charge on any atom is 0.379 e. The molecular formula is C4H3N2O3S-. The van der Waals surface area contributed by atoms with E-state index in [-0.39, 0.29) is 0 Å². The lowest BCUT2D eigenvalue weighted by atomic mass is 10.7. The molecule has 0 fully saturated rings. The van der Waals surface area contributed by atoms with E-state index in [1.165, 1.54) is 0 Å². The van der Waals surface area contributed by atoms with Crippen LogP contribution in [0.4, 0.5) is 0 Å². The zero-order valence-electron chi connectivity index (χ0n) is 4.81. The first-order valence-electron chi connectivity index (χ1n) is 2.17. The highest BCUT2D eigenvalue weighted by Crippen LogP contribution is 1.99. The van der Waals surface area contributed by atoms with Gasteiger partial charge >= 0.3 is 11.9 Å². The predicted octanol–water partition coefficient (Wildman–Crippen LogP) is -0.304. The average Bonchev–Trinajstić information content (AvgIpc) is 1.80. The third-order valence-electron chi connectivity index (χ3n) is 0.725. The molecule has 0 aliphatic carbocycles. The molecule has 0 saturated heterocycles. The largest absolute Gasteiger partial charge is 0.742 e. The first-order chi connectivity index (χ1) is 4.52. The molecule has 0 aromatic heterocycles. The minimum absolute atomic E-state index is 0.574. The summed E-state index contributed by atoms with van der Waals surface area (Å²) in [5.41, 5.74) is 0. The van der Waals surface area contributed by atoms with Crippen LogP contribution in [0.15, 0.2) is 0 Å². The fraction of sp³-hybridized carbons (Fsp3) is 0.500. The topological polar surface area (TPSA) is 65.9 Å². The van der Waals surface area contributed by atoms with E-state index < -0.39 is 22.0 Å². The van der Waals surface area contributed by atoms with Crippen molar-refractivity contribution in [3.05, 3.63) is 22.8 Å². The van der Waals surface area contributed by atoms with E-state index in [1.54, 1.807) is 0 Å². The third-order valence-corrected chi connectivity index (χ3v) is 1.65. The van der Waals surface area contributed by atoms with Gasteiger partial charge in [-0.2, -0.15) is 0 Å². The second kappa shape index (κ2) is 3.16. The van der Waals surface area contributed by atoms with Gasteiger partial charge in [0.05, 0.1) is 0 Å². The SMILES string of the molecule is [C-]#[N+]CC([N+]#[C-])S(=O)(=O)[O-]. The number of hydrogen-bond acceptors (Lipinski definition) is 3. The van der Waals surface area contributed by atoms with Crippen molar-refractivity contribution in [2.24, 2.45) is 0 Å². The molecular weight excluding hydrogens is 156 g/mol. The summed E-state index contributed by atoms with van der Waals surface area (Å²) in [4.78, 5) is 5.12. The van der Waals surface area contributed by atoms with Crippen LogP contribution in [0.3, 0.4) is 0 Å². The van der Waals surface area contributed by atoms with Crippen molar-refractivity contribution in [1.82, 2.24) is 0 Å². The van der Waals surface area contributed by atoms with Gasteiger partial charge in [0.25, 0.3) is 0 Å². The zero-order chi connectivity index (χ0) is 8.20. The molecule has 0 aromatic rings. The first-order valence-corrected chi connectivity index (χ1v) is 3.64. The predicted molar refractivity (Wildman–Crippen MR) is 31.6 cm³/mol. The van der Waals surface area contributed by atoms with Gasteiger partial charge in [0.1, 0.15) is 0 Å². The van der Waals surface area contributed by atoms with E-state index in [0.29, 0.717) is 0 Å². The molecule has 5 nitrogen and oxygen atoms in total. The van der Waals surface area contributed by atoms with Gasteiger partial charge in [-0.05, 0) is 0 Å². The molecule has 0 amide bonds. The summed E-state index contributed by atoms with van der Waals surface area (Å²) in [7, 11) is -4.60. The quantitative estimate of drug-likeness (QED) is 0.410. The monoisotopic (exact) mass is 159 g/mol. The molecule has 0 rings (SSSR count). The molecule has 0 N–H and O–H groups in total. The van der Waals surface area contributed by atoms with Crippen LogP contribution in [0.2, 0.25) is 0 Å². The lowest BCUT2D eigenvalue weighted by Gasteiger charge is -2.02. The Labute approximate surface area is 58.7 Å². The van der Waals surface area contributed by atoms with E-state index in [4.69, 9.17) is 13.1 Å². The van der Waals surface area contributed by atoms with Crippen molar-refractivity contribution in [2.75, 3.05) is 6.54 Å². The summed E-state index contributed by atoms with van der Waals surface area (Å²) >= 11 is 0. The van der Waals surface area contributed by atoms with Gasteiger partial charge in [0, 0.05) is 0 Å². The summed E-state index contributed by atoms with van der Waals surface area (Å²) in [6, 6.07) is 0. The van der Waals surface area contributed by atoms with Crippen LogP contribution in [-0.2, 0) is 10.1 Å². The standard InChI is InChI=1S/C4H4N2O3S/c1-5-3-4(6-2)10(7,8)9/h4H,3H2,(H,7,8,9)/p-1. The van der Waals surface area contributed by atoms with Gasteiger partial charge in [-0.3, -0.25) is 4.85 Å². The van der Waals surface area contributed by atoms with Crippen molar-refractivity contribution in [2.45, 2.75) is 5.37 Å². The molecule has 0 bridgehead atoms. The highest BCUT2D eigenvalue weighted by atomic mass is 32.2. The lowest BCUT2D eigenvalue weighted by molar-refractivity contribution is 0.457. The van der Waals surface area contributed by atoms with Crippen molar-refractivity contribution < 1.29 is 13.0 Å². The van der Waals surface area contributed by atoms with E-state index >= 15 is 0 Å². The fourth-order valence-corrected chi connectivity index (χ4v) is 0.661. The first kappa shape index (κ1) is 8.89. The lowest BCUT2D eigenvalue weighted by Crippen LogP contribution is -2.18. The minimum atomic E-state index is -4.60. The van der Waals surface area contributed by atoms with Crippen LogP contribution < -0.4 is 0 Å². The smallest absolute Gasteiger partial charge is 0.379 e. The van der Waals surface area contributed by atoms with E-state index in [1.807, 2.05) is 0 Å². The maximum atomic E-state index is 10.0. The summed E-state index contributed by atoms with van der Waals surface area (Å²) in [5, 5.41) is -1.73. The molecule has 0 saturated carbocycles. The van der Waals surface area contributed by atoms with Crippen LogP contribution in [0, 0.1) is 13.1 Å². The van der Waals surface area contributed by atoms with Gasteiger partial charge < -0.3 is 9.40 Å². The minimum Gasteiger partial charge on any atom is -0.742 e. The molecule has 0 aliphatic rings. The van der Waals surface area contributed by atoms with E-state index in [0.717, 1.165) is 0 Å². The Morgan fingerprint density at radius 3 is 2.10 bits per heavy atom. The van der Waals surface area contributed by atoms with Gasteiger partial charge in [-0.15, -0.1) is 0 Å². The Morgan fingerprint density at radius 1 is 1.50 bits per heavy atom. The molecule has 0 aromatic carbocycles. The third kappa shape index (κ3) is 2.44. The van der Waals surface area contributed by atoms with Crippen LogP contribution in [0.5, 0.6) is 0 Å². The summed E-state index contributed by atoms with van der Waals surface area (Å²) < 4.78 is 30.1. The van der Waals surface area contributed by atoms with Gasteiger partial charge in [0.15, 0.2) is 10.1 Å². The molecule has 1 unspecified atom stereocenters. The molecule has 1 atom stereocenters. The van der Waals surface area contributed by atoms with E-state index in [2.05, 4.69) is 9.69 Å². The number of hydrogen-bond donors (Lipinski definition) is 0. The highest BCUT2D eigenvalue weighted by Gasteiger charge is 2.23. The molecule has 0 spiro atoms. The second-order valence-electron chi connectivity index (χ2n) is 1.42. The maximum absolute atomic E-state index is 10.0. The molecule has 0 radical (unpaired) electrons. The molecule has 0 heterocycles. The number of rotatable bonds is 2. The molecule has 6 heteroatoms. The van der Waals surface area contributed by atoms with Gasteiger partial charge in [-0.1, -0.05) is 0 Å². The Kier molecular flexibility index (Phi) is 2.81. The Hall–Kier alpha value is -1.11. The highest BCUT2D eigenvalue weighted by molar-refractivity contribution is 7.86. The van der Waals surface area contributed by atoms with Crippen molar-refractivity contribution >= 4 is 10.1 Å². The summed E-state index contributed by atoms with van der Waals surface area (Å²) in [6.45, 7) is 11.8. The van der Waals surface area contributed by atoms with Gasteiger partial charge in [-0.25, -0.2) is 21.6 Å². The fourth-order valence-electron chi connectivity index (χ4n) is 0.275. The molecule has 0 aliphatic heterocycles. The normalized spacial score (nSPS) is 13.1. The molecule has 54 valence electrons. The van der Waals surface area contributed by atoms with Crippen molar-refractivity contribution in [1.29, 1.82) is 0 Å². The van der Waals surface area contributed by atoms with Gasteiger partial charge in [0.2, 0.25) is 0 Å². The number of nitrogens with zero attached hydrogens (tertiary/aromatic N) is 2. The molecule has 10 heavy (non-hydrogen) atoms. The van der Waals surface area contributed by atoms with Crippen LogP contribution in [0.1, 0.15) is 0 Å². The van der Waals surface area contributed by atoms with Crippen LogP contribution in [-0.4, -0.2) is 24.9 Å². The van der Waals surface area contributed by atoms with Crippen LogP contribution >= 0.6 is 0 Å². The van der Waals surface area contributed by atoms with E-state index in [9.17, 15) is 13.0 Å². The van der Waals surface area contributed by atoms with Crippen LogP contribution in [0.25, 0.3) is 9.69 Å². The Bertz CT molecular complexity index is 281. The van der Waals surface area contributed by atoms with Crippen molar-refractivity contribution in [3.63, 3.8) is 0 Å². The average molecular weight is 159 g/mol. The Balaban J connectivity index is 4.47. The summed E-state index contributed by atoms with van der Waals surface area (Å²) in [6.07, 6.45) is 0. The zero-order valence-corrected chi connectivity index (χ0v) is 5.63. The summed E-state index contributed by atoms with van der Waals surface area (Å²) in [5.74, 6) is 0. The Morgan fingerprint density at radius 2 is 2.00 bits per heavy atom. The second-order valence-corrected chi connectivity index (χ2v) is 2.95. The van der Waals surface area contributed by atoms with Crippen molar-refractivity contribution in [3.8, 4) is 0 Å².